The number of ether oxygens (including phenoxy) is 1. The van der Waals surface area contributed by atoms with E-state index < -0.39 is 0 Å². The topological polar surface area (TPSA) is 53.6 Å². The maximum absolute atomic E-state index is 12.1. The molecule has 1 atom stereocenters. The highest BCUT2D eigenvalue weighted by molar-refractivity contribution is 7.80. The predicted octanol–water partition coefficient (Wildman–Crippen LogP) is 0.888. The van der Waals surface area contributed by atoms with Crippen LogP contribution in [0.1, 0.15) is 33.1 Å². The first kappa shape index (κ1) is 16.2. The molecule has 0 aromatic carbocycles. The van der Waals surface area contributed by atoms with Crippen LogP contribution in [-0.4, -0.2) is 54.8 Å². The van der Waals surface area contributed by atoms with Gasteiger partial charge in [0.2, 0.25) is 5.91 Å². The number of carbonyl (C=O) groups excluding carboxylic acids is 1. The number of likely N-dealkylation sites (tertiary alicyclic amines) is 1. The molecule has 19 heavy (non-hydrogen) atoms. The van der Waals surface area contributed by atoms with E-state index >= 15 is 0 Å². The lowest BCUT2D eigenvalue weighted by Crippen LogP contribution is -2.49. The molecule has 0 spiro atoms. The van der Waals surface area contributed by atoms with Crippen molar-refractivity contribution < 1.29 is 9.53 Å². The summed E-state index contributed by atoms with van der Waals surface area (Å²) in [5.74, 6) is 0.135. The van der Waals surface area contributed by atoms with E-state index in [4.69, 9.17) is 17.0 Å². The van der Waals surface area contributed by atoms with Crippen LogP contribution < -0.4 is 10.6 Å². The van der Waals surface area contributed by atoms with E-state index in [9.17, 15) is 4.79 Å². The Hall–Kier alpha value is -0.880. The van der Waals surface area contributed by atoms with Crippen LogP contribution in [0.15, 0.2) is 0 Å². The van der Waals surface area contributed by atoms with E-state index in [2.05, 4.69) is 10.6 Å². The van der Waals surface area contributed by atoms with Crippen molar-refractivity contribution in [2.45, 2.75) is 39.2 Å². The van der Waals surface area contributed by atoms with Gasteiger partial charge in [0, 0.05) is 32.8 Å². The average molecular weight is 287 g/mol. The fourth-order valence-corrected chi connectivity index (χ4v) is 2.32. The second-order valence-corrected chi connectivity index (χ2v) is 5.11. The maximum atomic E-state index is 12.1. The van der Waals surface area contributed by atoms with Gasteiger partial charge in [0.25, 0.3) is 0 Å². The molecule has 1 aliphatic rings. The molecule has 1 rings (SSSR count). The number of nitrogens with one attached hydrogen (secondary N) is 2. The highest BCUT2D eigenvalue weighted by Gasteiger charge is 2.23. The molecule has 1 saturated heterocycles. The largest absolute Gasteiger partial charge is 0.382 e. The molecule has 1 amide bonds. The van der Waals surface area contributed by atoms with Crippen LogP contribution in [-0.2, 0) is 9.53 Å². The zero-order valence-corrected chi connectivity index (χ0v) is 12.7. The van der Waals surface area contributed by atoms with Crippen LogP contribution >= 0.6 is 12.2 Å². The van der Waals surface area contributed by atoms with Crippen molar-refractivity contribution in [2.75, 3.05) is 32.8 Å². The van der Waals surface area contributed by atoms with Crippen molar-refractivity contribution >= 4 is 23.2 Å². The fraction of sp³-hybridized carbons (Fsp3) is 0.846. The zero-order valence-electron chi connectivity index (χ0n) is 11.9. The van der Waals surface area contributed by atoms with Gasteiger partial charge in [0.15, 0.2) is 5.11 Å². The van der Waals surface area contributed by atoms with Crippen LogP contribution in [0.25, 0.3) is 0 Å². The quantitative estimate of drug-likeness (QED) is 0.538. The molecule has 1 heterocycles. The van der Waals surface area contributed by atoms with E-state index in [1.807, 2.05) is 18.7 Å². The first-order valence-corrected chi connectivity index (χ1v) is 7.47. The van der Waals surface area contributed by atoms with E-state index in [0.717, 1.165) is 52.1 Å². The van der Waals surface area contributed by atoms with Gasteiger partial charge in [-0.1, -0.05) is 0 Å². The minimum atomic E-state index is -0.259. The molecule has 0 aliphatic carbocycles. The summed E-state index contributed by atoms with van der Waals surface area (Å²) in [6.07, 6.45) is 3.13. The summed E-state index contributed by atoms with van der Waals surface area (Å²) in [7, 11) is 0. The van der Waals surface area contributed by atoms with E-state index in [1.165, 1.54) is 0 Å². The normalized spacial score (nSPS) is 16.2. The van der Waals surface area contributed by atoms with Crippen molar-refractivity contribution in [3.8, 4) is 0 Å². The summed E-state index contributed by atoms with van der Waals surface area (Å²) in [6.45, 7) is 7.81. The van der Waals surface area contributed by atoms with Gasteiger partial charge in [0.1, 0.15) is 6.04 Å². The van der Waals surface area contributed by atoms with Gasteiger partial charge in [-0.15, -0.1) is 0 Å². The first-order valence-electron chi connectivity index (χ1n) is 7.06. The molecule has 110 valence electrons. The SMILES string of the molecule is CCOCCCNC(=S)NC(C)C(=O)N1CCCC1. The Labute approximate surface area is 121 Å². The molecular weight excluding hydrogens is 262 g/mol. The highest BCUT2D eigenvalue weighted by atomic mass is 32.1. The Kier molecular flexibility index (Phi) is 7.74. The number of hydrogen-bond donors (Lipinski definition) is 2. The van der Waals surface area contributed by atoms with Gasteiger partial charge in [-0.25, -0.2) is 0 Å². The molecule has 6 heteroatoms. The average Bonchev–Trinajstić information content (AvgIpc) is 2.91. The molecule has 0 bridgehead atoms. The highest BCUT2D eigenvalue weighted by Crippen LogP contribution is 2.08. The molecule has 1 fully saturated rings. The molecule has 1 aliphatic heterocycles. The third-order valence-corrected chi connectivity index (χ3v) is 3.35. The first-order chi connectivity index (χ1) is 9.15. The number of amides is 1. The van der Waals surface area contributed by atoms with Crippen molar-refractivity contribution in [1.82, 2.24) is 15.5 Å². The molecule has 0 aromatic rings. The number of rotatable bonds is 7. The molecule has 5 nitrogen and oxygen atoms in total. The number of hydrogen-bond acceptors (Lipinski definition) is 3. The van der Waals surface area contributed by atoms with Gasteiger partial charge >= 0.3 is 0 Å². The Morgan fingerprint density at radius 3 is 2.74 bits per heavy atom. The van der Waals surface area contributed by atoms with Gasteiger partial charge < -0.3 is 20.3 Å². The molecule has 0 radical (unpaired) electrons. The lowest BCUT2D eigenvalue weighted by atomic mass is 10.3. The monoisotopic (exact) mass is 287 g/mol. The number of thiocarbonyl (C=S) groups is 1. The number of nitrogens with zero attached hydrogens (tertiary/aromatic N) is 1. The van der Waals surface area contributed by atoms with Gasteiger partial charge in [-0.05, 0) is 45.3 Å². The molecule has 1 unspecified atom stereocenters. The van der Waals surface area contributed by atoms with E-state index in [1.54, 1.807) is 0 Å². The van der Waals surface area contributed by atoms with Crippen molar-refractivity contribution in [3.05, 3.63) is 0 Å². The second kappa shape index (κ2) is 9.09. The maximum Gasteiger partial charge on any atom is 0.244 e. The minimum Gasteiger partial charge on any atom is -0.382 e. The van der Waals surface area contributed by atoms with E-state index in [0.29, 0.717) is 5.11 Å². The summed E-state index contributed by atoms with van der Waals surface area (Å²) in [4.78, 5) is 14.0. The van der Waals surface area contributed by atoms with Crippen molar-refractivity contribution in [2.24, 2.45) is 0 Å². The Bertz CT molecular complexity index is 294. The van der Waals surface area contributed by atoms with Crippen LogP contribution in [0.4, 0.5) is 0 Å². The zero-order chi connectivity index (χ0) is 14.1. The fourth-order valence-electron chi connectivity index (χ4n) is 2.04. The summed E-state index contributed by atoms with van der Waals surface area (Å²) in [5.41, 5.74) is 0. The summed E-state index contributed by atoms with van der Waals surface area (Å²) >= 11 is 5.17. The lowest BCUT2D eigenvalue weighted by molar-refractivity contribution is -0.131. The summed E-state index contributed by atoms with van der Waals surface area (Å²) in [5, 5.41) is 6.66. The van der Waals surface area contributed by atoms with Crippen LogP contribution in [0.3, 0.4) is 0 Å². The number of carbonyl (C=O) groups is 1. The standard InChI is InChI=1S/C13H25N3O2S/c1-3-18-10-6-7-14-13(19)15-11(2)12(17)16-8-4-5-9-16/h11H,3-10H2,1-2H3,(H2,14,15,19). The lowest BCUT2D eigenvalue weighted by Gasteiger charge is -2.22. The van der Waals surface area contributed by atoms with E-state index in [-0.39, 0.29) is 11.9 Å². The Morgan fingerprint density at radius 1 is 1.42 bits per heavy atom. The summed E-state index contributed by atoms with van der Waals surface area (Å²) < 4.78 is 5.24. The molecule has 2 N–H and O–H groups in total. The molecule has 0 saturated carbocycles. The van der Waals surface area contributed by atoms with Crippen LogP contribution in [0.5, 0.6) is 0 Å². The third-order valence-electron chi connectivity index (χ3n) is 3.09. The van der Waals surface area contributed by atoms with Gasteiger partial charge in [0.05, 0.1) is 0 Å². The van der Waals surface area contributed by atoms with Crippen LogP contribution in [0.2, 0.25) is 0 Å². The Balaban J connectivity index is 2.14. The smallest absolute Gasteiger partial charge is 0.244 e. The second-order valence-electron chi connectivity index (χ2n) is 4.70. The Morgan fingerprint density at radius 2 is 2.11 bits per heavy atom. The minimum absolute atomic E-state index is 0.135. The summed E-state index contributed by atoms with van der Waals surface area (Å²) in [6, 6.07) is -0.259. The van der Waals surface area contributed by atoms with Crippen molar-refractivity contribution in [3.63, 3.8) is 0 Å². The predicted molar refractivity (Wildman–Crippen MR) is 80.1 cm³/mol. The van der Waals surface area contributed by atoms with Gasteiger partial charge in [-0.2, -0.15) is 0 Å². The van der Waals surface area contributed by atoms with Crippen LogP contribution in [0, 0.1) is 0 Å². The molecule has 0 aromatic heterocycles. The third kappa shape index (κ3) is 6.20. The van der Waals surface area contributed by atoms with Crippen molar-refractivity contribution in [1.29, 1.82) is 0 Å². The molecular formula is C13H25N3O2S. The van der Waals surface area contributed by atoms with Gasteiger partial charge in [-0.3, -0.25) is 4.79 Å².